The van der Waals surface area contributed by atoms with E-state index in [9.17, 15) is 0 Å². The maximum Gasteiger partial charge on any atom is 0.162 e. The number of pyridine rings is 1. The van der Waals surface area contributed by atoms with Crippen molar-refractivity contribution in [1.82, 2.24) is 19.9 Å². The van der Waals surface area contributed by atoms with Crippen LogP contribution in [0.3, 0.4) is 0 Å². The number of fused-ring (bicyclic) bond motifs is 1. The number of rotatable bonds is 2. The number of aromatic nitrogens is 3. The Balaban J connectivity index is 1.82. The topological polar surface area (TPSA) is 52.0 Å². The second-order valence-electron chi connectivity index (χ2n) is 5.66. The van der Waals surface area contributed by atoms with Gasteiger partial charge in [-0.15, -0.1) is 0 Å². The largest absolute Gasteiger partial charge is 0.358 e. The van der Waals surface area contributed by atoms with Crippen molar-refractivity contribution >= 4 is 11.2 Å². The predicted octanol–water partition coefficient (Wildman–Crippen LogP) is 2.55. The van der Waals surface area contributed by atoms with Gasteiger partial charge < -0.3 is 10.1 Å². The number of piperidine rings is 1. The Hall–Kier alpha value is -1.46. The second kappa shape index (κ2) is 5.14. The van der Waals surface area contributed by atoms with Gasteiger partial charge in [-0.05, 0) is 44.4 Å². The van der Waals surface area contributed by atoms with Crippen molar-refractivity contribution in [3.05, 3.63) is 24.2 Å². The molecular formula is C15H20N4O. The molecule has 4 heterocycles. The van der Waals surface area contributed by atoms with Crippen LogP contribution in [-0.4, -0.2) is 27.7 Å². The third-order valence-electron chi connectivity index (χ3n) is 4.29. The minimum atomic E-state index is 0.105. The van der Waals surface area contributed by atoms with E-state index in [0.717, 1.165) is 49.4 Å². The first-order chi connectivity index (χ1) is 9.93. The third kappa shape index (κ3) is 2.01. The van der Waals surface area contributed by atoms with Gasteiger partial charge in [-0.25, -0.2) is 9.97 Å². The molecule has 5 nitrogen and oxygen atoms in total. The molecule has 0 saturated carbocycles. The van der Waals surface area contributed by atoms with E-state index in [1.54, 1.807) is 0 Å². The lowest BCUT2D eigenvalue weighted by Crippen LogP contribution is -2.30. The van der Waals surface area contributed by atoms with Gasteiger partial charge in [0.15, 0.2) is 5.65 Å². The summed E-state index contributed by atoms with van der Waals surface area (Å²) in [5.41, 5.74) is 1.94. The molecule has 1 N–H and O–H groups in total. The Kier molecular flexibility index (Phi) is 3.16. The van der Waals surface area contributed by atoms with Gasteiger partial charge in [0, 0.05) is 12.8 Å². The molecule has 2 aliphatic rings. The molecule has 0 aliphatic carbocycles. The molecule has 2 aromatic rings. The summed E-state index contributed by atoms with van der Waals surface area (Å²) in [6.07, 6.45) is 7.79. The van der Waals surface area contributed by atoms with Gasteiger partial charge in [-0.3, -0.25) is 4.57 Å². The van der Waals surface area contributed by atoms with E-state index in [0.29, 0.717) is 6.04 Å². The van der Waals surface area contributed by atoms with E-state index in [1.807, 2.05) is 18.3 Å². The summed E-state index contributed by atoms with van der Waals surface area (Å²) in [6.45, 7) is 1.92. The Labute approximate surface area is 118 Å². The standard InChI is InChI=1S/C15H20N4O/c1-2-8-16-11(5-1)15-18-12-6-3-9-17-14(12)19(15)13-7-4-10-20-13/h3,6,9,11,13,16H,1-2,4-5,7-8,10H2. The van der Waals surface area contributed by atoms with Crippen molar-refractivity contribution < 1.29 is 4.74 Å². The van der Waals surface area contributed by atoms with Crippen LogP contribution in [-0.2, 0) is 4.74 Å². The van der Waals surface area contributed by atoms with E-state index >= 15 is 0 Å². The van der Waals surface area contributed by atoms with Crippen LogP contribution in [0.15, 0.2) is 18.3 Å². The van der Waals surface area contributed by atoms with Crippen LogP contribution in [0.25, 0.3) is 11.2 Å². The van der Waals surface area contributed by atoms with Gasteiger partial charge in [0.1, 0.15) is 17.6 Å². The van der Waals surface area contributed by atoms with Crippen LogP contribution in [0.5, 0.6) is 0 Å². The molecule has 0 aromatic carbocycles. The highest BCUT2D eigenvalue weighted by Crippen LogP contribution is 2.32. The SMILES string of the molecule is c1cnc2c(c1)nc(C1CCCCN1)n2C1CCCO1. The van der Waals surface area contributed by atoms with Crippen LogP contribution >= 0.6 is 0 Å². The smallest absolute Gasteiger partial charge is 0.162 e. The number of hydrogen-bond donors (Lipinski definition) is 1. The molecule has 5 heteroatoms. The Morgan fingerprint density at radius 3 is 3.05 bits per heavy atom. The van der Waals surface area contributed by atoms with Crippen molar-refractivity contribution in [2.24, 2.45) is 0 Å². The first kappa shape index (κ1) is 12.3. The highest BCUT2D eigenvalue weighted by Gasteiger charge is 2.28. The molecule has 2 aliphatic heterocycles. The monoisotopic (exact) mass is 272 g/mol. The third-order valence-corrected chi connectivity index (χ3v) is 4.29. The molecule has 0 radical (unpaired) electrons. The van der Waals surface area contributed by atoms with Crippen molar-refractivity contribution in [2.75, 3.05) is 13.2 Å². The molecule has 4 rings (SSSR count). The van der Waals surface area contributed by atoms with Gasteiger partial charge in [-0.2, -0.15) is 0 Å². The number of nitrogens with one attached hydrogen (secondary N) is 1. The lowest BCUT2D eigenvalue weighted by Gasteiger charge is -2.25. The quantitative estimate of drug-likeness (QED) is 0.913. The molecule has 2 aromatic heterocycles. The molecule has 0 bridgehead atoms. The predicted molar refractivity (Wildman–Crippen MR) is 76.3 cm³/mol. The Bertz CT molecular complexity index is 597. The summed E-state index contributed by atoms with van der Waals surface area (Å²) < 4.78 is 8.12. The number of hydrogen-bond acceptors (Lipinski definition) is 4. The highest BCUT2D eigenvalue weighted by molar-refractivity contribution is 5.71. The van der Waals surface area contributed by atoms with Gasteiger partial charge >= 0.3 is 0 Å². The minimum Gasteiger partial charge on any atom is -0.358 e. The van der Waals surface area contributed by atoms with Crippen molar-refractivity contribution in [3.8, 4) is 0 Å². The fourth-order valence-corrected chi connectivity index (χ4v) is 3.31. The van der Waals surface area contributed by atoms with Crippen LogP contribution in [0.1, 0.15) is 50.2 Å². The molecule has 20 heavy (non-hydrogen) atoms. The zero-order chi connectivity index (χ0) is 13.4. The lowest BCUT2D eigenvalue weighted by atomic mass is 10.0. The average molecular weight is 272 g/mol. The average Bonchev–Trinajstić information content (AvgIpc) is 3.14. The molecule has 2 unspecified atom stereocenters. The molecule has 0 amide bonds. The second-order valence-corrected chi connectivity index (χ2v) is 5.66. The fourth-order valence-electron chi connectivity index (χ4n) is 3.31. The molecule has 2 atom stereocenters. The van der Waals surface area contributed by atoms with E-state index in [1.165, 1.54) is 12.8 Å². The van der Waals surface area contributed by atoms with E-state index in [4.69, 9.17) is 9.72 Å². The summed E-state index contributed by atoms with van der Waals surface area (Å²) >= 11 is 0. The summed E-state index contributed by atoms with van der Waals surface area (Å²) in [6, 6.07) is 4.33. The Morgan fingerprint density at radius 1 is 1.25 bits per heavy atom. The minimum absolute atomic E-state index is 0.105. The van der Waals surface area contributed by atoms with Crippen LogP contribution in [0.2, 0.25) is 0 Å². The normalized spacial score (nSPS) is 27.2. The Morgan fingerprint density at radius 2 is 2.25 bits per heavy atom. The van der Waals surface area contributed by atoms with Crippen LogP contribution in [0.4, 0.5) is 0 Å². The van der Waals surface area contributed by atoms with Crippen molar-refractivity contribution in [3.63, 3.8) is 0 Å². The van der Waals surface area contributed by atoms with Crippen LogP contribution < -0.4 is 5.32 Å². The zero-order valence-electron chi connectivity index (χ0n) is 11.6. The maximum atomic E-state index is 5.89. The number of nitrogens with zero attached hydrogens (tertiary/aromatic N) is 3. The van der Waals surface area contributed by atoms with E-state index in [2.05, 4.69) is 14.9 Å². The van der Waals surface area contributed by atoms with Gasteiger partial charge in [-0.1, -0.05) is 6.42 Å². The summed E-state index contributed by atoms with van der Waals surface area (Å²) in [5, 5.41) is 3.59. The van der Waals surface area contributed by atoms with Gasteiger partial charge in [0.25, 0.3) is 0 Å². The van der Waals surface area contributed by atoms with E-state index in [-0.39, 0.29) is 6.23 Å². The van der Waals surface area contributed by atoms with Gasteiger partial charge in [0.2, 0.25) is 0 Å². The highest BCUT2D eigenvalue weighted by atomic mass is 16.5. The molecule has 2 fully saturated rings. The summed E-state index contributed by atoms with van der Waals surface area (Å²) in [4.78, 5) is 9.37. The summed E-state index contributed by atoms with van der Waals surface area (Å²) in [7, 11) is 0. The van der Waals surface area contributed by atoms with Crippen LogP contribution in [0, 0.1) is 0 Å². The number of imidazole rings is 1. The summed E-state index contributed by atoms with van der Waals surface area (Å²) in [5.74, 6) is 1.10. The lowest BCUT2D eigenvalue weighted by molar-refractivity contribution is 0.0553. The molecule has 2 saturated heterocycles. The van der Waals surface area contributed by atoms with Crippen molar-refractivity contribution in [2.45, 2.75) is 44.4 Å². The molecule has 106 valence electrons. The zero-order valence-corrected chi connectivity index (χ0v) is 11.6. The van der Waals surface area contributed by atoms with Crippen molar-refractivity contribution in [1.29, 1.82) is 0 Å². The first-order valence-corrected chi connectivity index (χ1v) is 7.61. The molecule has 0 spiro atoms. The maximum absolute atomic E-state index is 5.89. The van der Waals surface area contributed by atoms with Gasteiger partial charge in [0.05, 0.1) is 6.04 Å². The first-order valence-electron chi connectivity index (χ1n) is 7.61. The van der Waals surface area contributed by atoms with E-state index < -0.39 is 0 Å². The fraction of sp³-hybridized carbons (Fsp3) is 0.600. The number of ether oxygens (including phenoxy) is 1. The molecular weight excluding hydrogens is 252 g/mol.